The van der Waals surface area contributed by atoms with Crippen molar-refractivity contribution in [3.05, 3.63) is 29.8 Å². The molecule has 0 unspecified atom stereocenters. The fraction of sp³-hybridized carbons (Fsp3) is 0.556. The number of hydrogen-bond donors (Lipinski definition) is 1. The minimum atomic E-state index is -0.731. The van der Waals surface area contributed by atoms with E-state index in [1.807, 2.05) is 12.1 Å². The molecule has 0 bridgehead atoms. The highest BCUT2D eigenvalue weighted by Crippen LogP contribution is 2.41. The Balaban J connectivity index is 1.90. The maximum Gasteiger partial charge on any atom is 0.514 e. The molecule has 1 N–H and O–H groups in total. The van der Waals surface area contributed by atoms with Gasteiger partial charge in [0, 0.05) is 12.0 Å². The van der Waals surface area contributed by atoms with Gasteiger partial charge in [-0.15, -0.1) is 0 Å². The zero-order valence-corrected chi connectivity index (χ0v) is 14.8. The molecular weight excluding hydrogens is 310 g/mol. The Labute approximate surface area is 142 Å². The monoisotopic (exact) mass is 335 g/mol. The fourth-order valence-electron chi connectivity index (χ4n) is 2.30. The van der Waals surface area contributed by atoms with Crippen molar-refractivity contribution in [1.82, 2.24) is 5.32 Å². The molecular formula is C18H25NO5. The van der Waals surface area contributed by atoms with Gasteiger partial charge in [0.2, 0.25) is 0 Å². The van der Waals surface area contributed by atoms with Crippen LogP contribution in [0.2, 0.25) is 0 Å². The third-order valence-corrected chi connectivity index (χ3v) is 3.31. The van der Waals surface area contributed by atoms with Gasteiger partial charge < -0.3 is 19.5 Å². The maximum absolute atomic E-state index is 11.7. The molecule has 1 saturated carbocycles. The average molecular weight is 335 g/mol. The summed E-state index contributed by atoms with van der Waals surface area (Å²) in [7, 11) is 0. The molecule has 1 aliphatic rings. The first-order valence-corrected chi connectivity index (χ1v) is 8.12. The molecule has 1 amide bonds. The number of amides is 1. The number of alkyl carbamates (subject to hydrolysis) is 1. The Kier molecular flexibility index (Phi) is 5.36. The van der Waals surface area contributed by atoms with Crippen molar-refractivity contribution in [2.45, 2.75) is 64.7 Å². The van der Waals surface area contributed by atoms with Gasteiger partial charge in [0.25, 0.3) is 0 Å². The van der Waals surface area contributed by atoms with Crippen LogP contribution in [0.25, 0.3) is 0 Å². The highest BCUT2D eigenvalue weighted by molar-refractivity contribution is 5.68. The Morgan fingerprint density at radius 3 is 2.58 bits per heavy atom. The van der Waals surface area contributed by atoms with Crippen molar-refractivity contribution in [2.75, 3.05) is 0 Å². The van der Waals surface area contributed by atoms with Gasteiger partial charge in [-0.1, -0.05) is 12.1 Å². The van der Waals surface area contributed by atoms with Crippen molar-refractivity contribution >= 4 is 12.2 Å². The minimum Gasteiger partial charge on any atom is -0.447 e. The summed E-state index contributed by atoms with van der Waals surface area (Å²) in [6, 6.07) is 7.31. The molecule has 0 saturated heterocycles. The fourth-order valence-corrected chi connectivity index (χ4v) is 2.30. The van der Waals surface area contributed by atoms with E-state index in [9.17, 15) is 9.59 Å². The zero-order valence-electron chi connectivity index (χ0n) is 14.8. The van der Waals surface area contributed by atoms with Crippen LogP contribution in [0.5, 0.6) is 5.75 Å². The summed E-state index contributed by atoms with van der Waals surface area (Å²) in [5.74, 6) is 0.629. The van der Waals surface area contributed by atoms with E-state index in [4.69, 9.17) is 14.2 Å². The van der Waals surface area contributed by atoms with Crippen molar-refractivity contribution in [3.8, 4) is 5.75 Å². The van der Waals surface area contributed by atoms with Crippen molar-refractivity contribution < 1.29 is 23.8 Å². The van der Waals surface area contributed by atoms with Gasteiger partial charge in [-0.25, -0.2) is 9.59 Å². The summed E-state index contributed by atoms with van der Waals surface area (Å²) < 4.78 is 15.4. The smallest absolute Gasteiger partial charge is 0.447 e. The lowest BCUT2D eigenvalue weighted by Crippen LogP contribution is -2.29. The van der Waals surface area contributed by atoms with Gasteiger partial charge in [-0.05, 0) is 58.7 Å². The first-order valence-electron chi connectivity index (χ1n) is 8.12. The van der Waals surface area contributed by atoms with Gasteiger partial charge >= 0.3 is 12.2 Å². The van der Waals surface area contributed by atoms with Crippen LogP contribution in [0.15, 0.2) is 24.3 Å². The molecule has 132 valence electrons. The van der Waals surface area contributed by atoms with E-state index in [-0.39, 0.29) is 18.1 Å². The average Bonchev–Trinajstić information content (AvgIpc) is 3.14. The lowest BCUT2D eigenvalue weighted by atomic mass is 10.1. The van der Waals surface area contributed by atoms with Crippen molar-refractivity contribution in [1.29, 1.82) is 0 Å². The van der Waals surface area contributed by atoms with E-state index >= 15 is 0 Å². The number of rotatable bonds is 4. The molecule has 1 fully saturated rings. The van der Waals surface area contributed by atoms with Crippen LogP contribution in [0.1, 0.15) is 52.5 Å². The van der Waals surface area contributed by atoms with Gasteiger partial charge in [-0.3, -0.25) is 0 Å². The predicted molar refractivity (Wildman–Crippen MR) is 89.2 cm³/mol. The third kappa shape index (κ3) is 5.76. The lowest BCUT2D eigenvalue weighted by Gasteiger charge is -2.18. The lowest BCUT2D eigenvalue weighted by molar-refractivity contribution is 0.0206. The van der Waals surface area contributed by atoms with E-state index in [1.165, 1.54) is 0 Å². The minimum absolute atomic E-state index is 0.0491. The summed E-state index contributed by atoms with van der Waals surface area (Å²) in [4.78, 5) is 23.3. The maximum atomic E-state index is 11.7. The molecule has 2 rings (SSSR count). The van der Waals surface area contributed by atoms with Crippen LogP contribution in [0.3, 0.4) is 0 Å². The largest absolute Gasteiger partial charge is 0.514 e. The number of carbonyl (C=O) groups is 2. The molecule has 0 radical (unpaired) electrons. The molecule has 0 heterocycles. The summed E-state index contributed by atoms with van der Waals surface area (Å²) in [5.41, 5.74) is 0.405. The zero-order chi connectivity index (χ0) is 17.9. The standard InChI is InChI=1S/C18H25NO5/c1-11(2)22-16(20)19-15-10-14(15)12-7-6-8-13(9-12)23-17(21)24-18(3,4)5/h6-9,11,14-15H,10H2,1-5H3,(H,19,20)/t14-,15+/m0/s1. The number of benzene rings is 1. The number of hydrogen-bond acceptors (Lipinski definition) is 5. The van der Waals surface area contributed by atoms with Crippen LogP contribution < -0.4 is 10.1 Å². The molecule has 1 aliphatic carbocycles. The Hall–Kier alpha value is -2.24. The van der Waals surface area contributed by atoms with E-state index in [0.717, 1.165) is 12.0 Å². The topological polar surface area (TPSA) is 73.9 Å². The number of ether oxygens (including phenoxy) is 3. The molecule has 0 aromatic heterocycles. The van der Waals surface area contributed by atoms with Gasteiger partial charge in [0.15, 0.2) is 0 Å². The second kappa shape index (κ2) is 7.11. The summed E-state index contributed by atoms with van der Waals surface area (Å²) in [5, 5.41) is 2.83. The molecule has 24 heavy (non-hydrogen) atoms. The van der Waals surface area contributed by atoms with Gasteiger partial charge in [0.05, 0.1) is 6.10 Å². The van der Waals surface area contributed by atoms with Crippen molar-refractivity contribution in [3.63, 3.8) is 0 Å². The Bertz CT molecular complexity index is 606. The van der Waals surface area contributed by atoms with E-state index in [2.05, 4.69) is 5.32 Å². The van der Waals surface area contributed by atoms with Crippen LogP contribution >= 0.6 is 0 Å². The predicted octanol–water partition coefficient (Wildman–Crippen LogP) is 3.99. The highest BCUT2D eigenvalue weighted by Gasteiger charge is 2.40. The molecule has 6 heteroatoms. The Morgan fingerprint density at radius 1 is 1.25 bits per heavy atom. The molecule has 1 aromatic carbocycles. The van der Waals surface area contributed by atoms with Crippen LogP contribution in [-0.4, -0.2) is 30.0 Å². The SMILES string of the molecule is CC(C)OC(=O)N[C@@H]1C[C@H]1c1cccc(OC(=O)OC(C)(C)C)c1. The van der Waals surface area contributed by atoms with E-state index in [1.54, 1.807) is 46.8 Å². The first-order chi connectivity index (χ1) is 11.1. The third-order valence-electron chi connectivity index (χ3n) is 3.31. The van der Waals surface area contributed by atoms with Crippen LogP contribution in [-0.2, 0) is 9.47 Å². The molecule has 6 nitrogen and oxygen atoms in total. The molecule has 0 spiro atoms. The summed E-state index contributed by atoms with van der Waals surface area (Å²) in [6.07, 6.45) is -0.444. The van der Waals surface area contributed by atoms with Gasteiger partial charge in [-0.2, -0.15) is 0 Å². The number of nitrogens with one attached hydrogen (secondary N) is 1. The molecule has 2 atom stereocenters. The van der Waals surface area contributed by atoms with E-state index in [0.29, 0.717) is 5.75 Å². The molecule has 1 aromatic rings. The second-order valence-electron chi connectivity index (χ2n) is 7.19. The first kappa shape index (κ1) is 18.1. The quantitative estimate of drug-likeness (QED) is 0.665. The summed E-state index contributed by atoms with van der Waals surface area (Å²) >= 11 is 0. The summed E-state index contributed by atoms with van der Waals surface area (Å²) in [6.45, 7) is 8.95. The number of carbonyl (C=O) groups excluding carboxylic acids is 2. The normalized spacial score (nSPS) is 19.6. The van der Waals surface area contributed by atoms with E-state index < -0.39 is 17.8 Å². The van der Waals surface area contributed by atoms with Gasteiger partial charge in [0.1, 0.15) is 11.4 Å². The van der Waals surface area contributed by atoms with Crippen molar-refractivity contribution in [2.24, 2.45) is 0 Å². The highest BCUT2D eigenvalue weighted by atomic mass is 16.7. The van der Waals surface area contributed by atoms with Crippen LogP contribution in [0, 0.1) is 0 Å². The molecule has 0 aliphatic heterocycles. The Morgan fingerprint density at radius 2 is 1.96 bits per heavy atom. The second-order valence-corrected chi connectivity index (χ2v) is 7.19. The van der Waals surface area contributed by atoms with Crippen LogP contribution in [0.4, 0.5) is 9.59 Å².